The van der Waals surface area contributed by atoms with Crippen LogP contribution in [0.2, 0.25) is 0 Å². The summed E-state index contributed by atoms with van der Waals surface area (Å²) in [5.41, 5.74) is 0. The van der Waals surface area contributed by atoms with Gasteiger partial charge in [-0.3, -0.25) is 9.80 Å². The van der Waals surface area contributed by atoms with Gasteiger partial charge in [0.15, 0.2) is 0 Å². The van der Waals surface area contributed by atoms with Gasteiger partial charge < -0.3 is 9.15 Å². The Labute approximate surface area is 108 Å². The lowest BCUT2D eigenvalue weighted by atomic mass is 10.4. The Balaban J connectivity index is 1.74. The Hall–Kier alpha value is -0.980. The molecule has 0 unspecified atom stereocenters. The fourth-order valence-electron chi connectivity index (χ4n) is 2.05. The van der Waals surface area contributed by atoms with Gasteiger partial charge in [0.05, 0.1) is 19.8 Å². The van der Waals surface area contributed by atoms with Crippen LogP contribution in [-0.2, 0) is 11.3 Å². The number of aromatic nitrogens is 2. The van der Waals surface area contributed by atoms with Gasteiger partial charge in [0.1, 0.15) is 0 Å². The van der Waals surface area contributed by atoms with Crippen LogP contribution in [0.25, 0.3) is 0 Å². The number of aryl methyl sites for hydroxylation is 1. The molecule has 0 aliphatic carbocycles. The van der Waals surface area contributed by atoms with Crippen molar-refractivity contribution in [3.8, 4) is 0 Å². The van der Waals surface area contributed by atoms with Crippen molar-refractivity contribution in [3.63, 3.8) is 0 Å². The van der Waals surface area contributed by atoms with E-state index >= 15 is 0 Å². The first kappa shape index (κ1) is 13.5. The molecule has 6 nitrogen and oxygen atoms in total. The molecule has 102 valence electrons. The van der Waals surface area contributed by atoms with E-state index in [4.69, 9.17) is 9.15 Å². The van der Waals surface area contributed by atoms with Crippen molar-refractivity contribution in [2.75, 3.05) is 45.9 Å². The monoisotopic (exact) mass is 254 g/mol. The molecule has 1 aliphatic rings. The summed E-state index contributed by atoms with van der Waals surface area (Å²) in [5, 5.41) is 7.89. The lowest BCUT2D eigenvalue weighted by Gasteiger charge is -2.29. The second kappa shape index (κ2) is 6.82. The summed E-state index contributed by atoms with van der Waals surface area (Å²) in [7, 11) is 0. The average molecular weight is 254 g/mol. The molecule has 2 rings (SSSR count). The van der Waals surface area contributed by atoms with Crippen LogP contribution in [-0.4, -0.2) is 65.9 Å². The first-order valence-electron chi connectivity index (χ1n) is 6.59. The summed E-state index contributed by atoms with van der Waals surface area (Å²) < 4.78 is 10.8. The van der Waals surface area contributed by atoms with Crippen LogP contribution >= 0.6 is 0 Å². The summed E-state index contributed by atoms with van der Waals surface area (Å²) in [6, 6.07) is 0. The fourth-order valence-corrected chi connectivity index (χ4v) is 2.05. The van der Waals surface area contributed by atoms with Crippen molar-refractivity contribution in [3.05, 3.63) is 11.8 Å². The number of hydrogen-bond acceptors (Lipinski definition) is 6. The van der Waals surface area contributed by atoms with Gasteiger partial charge in [-0.15, -0.1) is 10.2 Å². The molecule has 1 aromatic heterocycles. The summed E-state index contributed by atoms with van der Waals surface area (Å²) in [6.07, 6.45) is 0. The SMILES string of the molecule is CCN(CCN1CCOCC1)Cc1nnc(C)o1. The third-order valence-electron chi connectivity index (χ3n) is 3.21. The minimum atomic E-state index is 0.634. The maximum Gasteiger partial charge on any atom is 0.230 e. The number of ether oxygens (including phenoxy) is 1. The second-order valence-electron chi connectivity index (χ2n) is 4.54. The minimum Gasteiger partial charge on any atom is -0.424 e. The Morgan fingerprint density at radius 3 is 2.67 bits per heavy atom. The normalized spacial score (nSPS) is 17.5. The molecular weight excluding hydrogens is 232 g/mol. The van der Waals surface area contributed by atoms with Gasteiger partial charge in [0, 0.05) is 33.1 Å². The average Bonchev–Trinajstić information content (AvgIpc) is 2.81. The zero-order valence-electron chi connectivity index (χ0n) is 11.3. The van der Waals surface area contributed by atoms with Crippen LogP contribution in [0.4, 0.5) is 0 Å². The smallest absolute Gasteiger partial charge is 0.230 e. The van der Waals surface area contributed by atoms with Gasteiger partial charge in [-0.25, -0.2) is 0 Å². The Morgan fingerprint density at radius 2 is 2.06 bits per heavy atom. The predicted molar refractivity (Wildman–Crippen MR) is 67.2 cm³/mol. The highest BCUT2D eigenvalue weighted by Crippen LogP contribution is 2.04. The topological polar surface area (TPSA) is 54.6 Å². The fraction of sp³-hybridized carbons (Fsp3) is 0.833. The molecule has 0 saturated carbocycles. The molecule has 18 heavy (non-hydrogen) atoms. The third-order valence-corrected chi connectivity index (χ3v) is 3.21. The highest BCUT2D eigenvalue weighted by atomic mass is 16.5. The molecule has 0 bridgehead atoms. The van der Waals surface area contributed by atoms with E-state index in [0.29, 0.717) is 11.8 Å². The summed E-state index contributed by atoms with van der Waals surface area (Å²) in [4.78, 5) is 4.76. The number of morpholine rings is 1. The van der Waals surface area contributed by atoms with Crippen LogP contribution in [0.5, 0.6) is 0 Å². The minimum absolute atomic E-state index is 0.634. The van der Waals surface area contributed by atoms with Crippen molar-refractivity contribution in [2.24, 2.45) is 0 Å². The van der Waals surface area contributed by atoms with Crippen LogP contribution in [0.15, 0.2) is 4.42 Å². The summed E-state index contributed by atoms with van der Waals surface area (Å²) >= 11 is 0. The zero-order valence-corrected chi connectivity index (χ0v) is 11.3. The predicted octanol–water partition coefficient (Wildman–Crippen LogP) is 0.532. The van der Waals surface area contributed by atoms with Crippen molar-refractivity contribution in [1.29, 1.82) is 0 Å². The van der Waals surface area contributed by atoms with Crippen LogP contribution < -0.4 is 0 Å². The molecule has 0 aromatic carbocycles. The van der Waals surface area contributed by atoms with Crippen LogP contribution in [0.3, 0.4) is 0 Å². The second-order valence-corrected chi connectivity index (χ2v) is 4.54. The van der Waals surface area contributed by atoms with Gasteiger partial charge in [0.25, 0.3) is 0 Å². The molecule has 0 spiro atoms. The standard InChI is InChI=1S/C12H22N4O2/c1-3-15(10-12-14-13-11(2)18-12)4-5-16-6-8-17-9-7-16/h3-10H2,1-2H3. The number of hydrogen-bond donors (Lipinski definition) is 0. The molecule has 1 aliphatic heterocycles. The van der Waals surface area contributed by atoms with E-state index in [1.165, 1.54) is 0 Å². The molecule has 1 fully saturated rings. The maximum absolute atomic E-state index is 5.41. The Kier molecular flexibility index (Phi) is 5.10. The van der Waals surface area contributed by atoms with E-state index < -0.39 is 0 Å². The quantitative estimate of drug-likeness (QED) is 0.738. The van der Waals surface area contributed by atoms with Gasteiger partial charge in [-0.2, -0.15) is 0 Å². The summed E-state index contributed by atoms with van der Waals surface area (Å²) in [5.74, 6) is 1.34. The first-order valence-corrected chi connectivity index (χ1v) is 6.59. The third kappa shape index (κ3) is 4.04. The lowest BCUT2D eigenvalue weighted by molar-refractivity contribution is 0.0328. The first-order chi connectivity index (χ1) is 8.78. The molecular formula is C12H22N4O2. The van der Waals surface area contributed by atoms with Gasteiger partial charge >= 0.3 is 0 Å². The van der Waals surface area contributed by atoms with E-state index in [1.54, 1.807) is 0 Å². The molecule has 1 saturated heterocycles. The number of nitrogens with zero attached hydrogens (tertiary/aromatic N) is 4. The van der Waals surface area contributed by atoms with E-state index in [-0.39, 0.29) is 0 Å². The largest absolute Gasteiger partial charge is 0.424 e. The van der Waals surface area contributed by atoms with Crippen molar-refractivity contribution in [1.82, 2.24) is 20.0 Å². The Bertz CT molecular complexity index is 350. The molecule has 1 aromatic rings. The highest BCUT2D eigenvalue weighted by molar-refractivity contribution is 4.79. The van der Waals surface area contributed by atoms with E-state index in [0.717, 1.165) is 52.5 Å². The number of likely N-dealkylation sites (N-methyl/N-ethyl adjacent to an activating group) is 1. The van der Waals surface area contributed by atoms with Crippen molar-refractivity contribution < 1.29 is 9.15 Å². The van der Waals surface area contributed by atoms with Crippen LogP contribution in [0, 0.1) is 6.92 Å². The molecule has 0 atom stereocenters. The summed E-state index contributed by atoms with van der Waals surface area (Å²) in [6.45, 7) is 11.6. The van der Waals surface area contributed by atoms with Gasteiger partial charge in [-0.1, -0.05) is 6.92 Å². The van der Waals surface area contributed by atoms with Gasteiger partial charge in [0.2, 0.25) is 11.8 Å². The van der Waals surface area contributed by atoms with Crippen molar-refractivity contribution >= 4 is 0 Å². The molecule has 6 heteroatoms. The Morgan fingerprint density at radius 1 is 1.28 bits per heavy atom. The maximum atomic E-state index is 5.41. The lowest BCUT2D eigenvalue weighted by Crippen LogP contribution is -2.41. The molecule has 0 radical (unpaired) electrons. The van der Waals surface area contributed by atoms with Crippen LogP contribution in [0.1, 0.15) is 18.7 Å². The molecule has 2 heterocycles. The van der Waals surface area contributed by atoms with E-state index in [1.807, 2.05) is 6.92 Å². The molecule has 0 N–H and O–H groups in total. The molecule has 0 amide bonds. The van der Waals surface area contributed by atoms with E-state index in [9.17, 15) is 0 Å². The highest BCUT2D eigenvalue weighted by Gasteiger charge is 2.13. The van der Waals surface area contributed by atoms with Gasteiger partial charge in [-0.05, 0) is 6.54 Å². The zero-order chi connectivity index (χ0) is 12.8. The van der Waals surface area contributed by atoms with E-state index in [2.05, 4.69) is 26.9 Å². The number of rotatable bonds is 6. The van der Waals surface area contributed by atoms with Crippen molar-refractivity contribution in [2.45, 2.75) is 20.4 Å².